The van der Waals surface area contributed by atoms with E-state index in [4.69, 9.17) is 0 Å². The SMILES string of the molecule is CS(=O)(=O)NCCc1ccc(C(=O)Nc2ccc(OC(F)F)cc2)s1. The largest absolute Gasteiger partial charge is 0.435 e. The number of carbonyl (C=O) groups excluding carboxylic acids is 1. The Bertz CT molecular complexity index is 820. The topological polar surface area (TPSA) is 84.5 Å². The number of sulfonamides is 1. The zero-order valence-electron chi connectivity index (χ0n) is 13.2. The van der Waals surface area contributed by atoms with Crippen LogP contribution < -0.4 is 14.8 Å². The molecule has 6 nitrogen and oxygen atoms in total. The molecule has 2 N–H and O–H groups in total. The summed E-state index contributed by atoms with van der Waals surface area (Å²) in [5, 5.41) is 2.65. The first-order chi connectivity index (χ1) is 11.7. The minimum Gasteiger partial charge on any atom is -0.435 e. The van der Waals surface area contributed by atoms with Gasteiger partial charge < -0.3 is 10.1 Å². The molecule has 136 valence electrons. The molecule has 2 aromatic rings. The van der Waals surface area contributed by atoms with Crippen molar-refractivity contribution in [3.8, 4) is 5.75 Å². The average molecular weight is 390 g/mol. The molecule has 0 radical (unpaired) electrons. The summed E-state index contributed by atoms with van der Waals surface area (Å²) in [6.45, 7) is -2.64. The van der Waals surface area contributed by atoms with Crippen LogP contribution in [0.1, 0.15) is 14.5 Å². The van der Waals surface area contributed by atoms with Gasteiger partial charge in [0.1, 0.15) is 5.75 Å². The summed E-state index contributed by atoms with van der Waals surface area (Å²) in [6, 6.07) is 8.98. The van der Waals surface area contributed by atoms with Crippen LogP contribution in [-0.2, 0) is 16.4 Å². The predicted octanol–water partition coefficient (Wildman–Crippen LogP) is 2.69. The summed E-state index contributed by atoms with van der Waals surface area (Å²) in [6.07, 6.45) is 1.56. The Morgan fingerprint density at radius 2 is 1.88 bits per heavy atom. The third-order valence-electron chi connectivity index (χ3n) is 2.96. The fourth-order valence-electron chi connectivity index (χ4n) is 1.91. The molecule has 1 aromatic heterocycles. The maximum Gasteiger partial charge on any atom is 0.387 e. The summed E-state index contributed by atoms with van der Waals surface area (Å²) in [7, 11) is -3.24. The molecular weight excluding hydrogens is 374 g/mol. The highest BCUT2D eigenvalue weighted by Crippen LogP contribution is 2.21. The lowest BCUT2D eigenvalue weighted by Crippen LogP contribution is -2.24. The van der Waals surface area contributed by atoms with Gasteiger partial charge in [-0.25, -0.2) is 13.1 Å². The maximum atomic E-state index is 12.2. The van der Waals surface area contributed by atoms with E-state index in [1.165, 1.54) is 35.6 Å². The van der Waals surface area contributed by atoms with Crippen molar-refractivity contribution >= 4 is 33.0 Å². The Balaban J connectivity index is 1.90. The number of hydrogen-bond acceptors (Lipinski definition) is 5. The van der Waals surface area contributed by atoms with Gasteiger partial charge >= 0.3 is 6.61 Å². The number of nitrogens with one attached hydrogen (secondary N) is 2. The maximum absolute atomic E-state index is 12.2. The van der Waals surface area contributed by atoms with Crippen molar-refractivity contribution < 1.29 is 26.7 Å². The van der Waals surface area contributed by atoms with Crippen molar-refractivity contribution in [3.05, 3.63) is 46.2 Å². The number of thiophene rings is 1. The molecule has 0 aliphatic carbocycles. The van der Waals surface area contributed by atoms with Crippen molar-refractivity contribution in [1.29, 1.82) is 0 Å². The van der Waals surface area contributed by atoms with Crippen LogP contribution in [0.5, 0.6) is 5.75 Å². The second kappa shape index (κ2) is 8.37. The number of hydrogen-bond donors (Lipinski definition) is 2. The van der Waals surface area contributed by atoms with E-state index in [0.717, 1.165) is 11.1 Å². The summed E-state index contributed by atoms with van der Waals surface area (Å²) < 4.78 is 52.8. The van der Waals surface area contributed by atoms with E-state index in [-0.39, 0.29) is 18.2 Å². The number of halogens is 2. The van der Waals surface area contributed by atoms with E-state index in [0.29, 0.717) is 17.0 Å². The second-order valence-corrected chi connectivity index (χ2v) is 8.04. The summed E-state index contributed by atoms with van der Waals surface area (Å²) in [5.41, 5.74) is 0.445. The molecule has 0 atom stereocenters. The number of benzene rings is 1. The Morgan fingerprint density at radius 3 is 2.48 bits per heavy atom. The van der Waals surface area contributed by atoms with E-state index in [2.05, 4.69) is 14.8 Å². The molecule has 2 rings (SSSR count). The molecule has 0 spiro atoms. The van der Waals surface area contributed by atoms with Gasteiger partial charge in [-0.05, 0) is 42.8 Å². The third-order valence-corrected chi connectivity index (χ3v) is 4.83. The molecule has 0 aliphatic heterocycles. The van der Waals surface area contributed by atoms with Crippen LogP contribution in [0.25, 0.3) is 0 Å². The van der Waals surface area contributed by atoms with Crippen LogP contribution in [0.4, 0.5) is 14.5 Å². The molecule has 0 saturated carbocycles. The van der Waals surface area contributed by atoms with Crippen LogP contribution in [0.3, 0.4) is 0 Å². The number of alkyl halides is 2. The minimum atomic E-state index is -3.24. The van der Waals surface area contributed by atoms with Crippen LogP contribution in [0.15, 0.2) is 36.4 Å². The van der Waals surface area contributed by atoms with E-state index in [9.17, 15) is 22.0 Å². The first kappa shape index (κ1) is 19.3. The lowest BCUT2D eigenvalue weighted by Gasteiger charge is -2.06. The normalized spacial score (nSPS) is 11.5. The van der Waals surface area contributed by atoms with E-state index >= 15 is 0 Å². The molecular formula is C15H16F2N2O4S2. The number of amides is 1. The first-order valence-electron chi connectivity index (χ1n) is 7.12. The number of anilines is 1. The molecule has 0 fully saturated rings. The highest BCUT2D eigenvalue weighted by atomic mass is 32.2. The van der Waals surface area contributed by atoms with E-state index < -0.39 is 16.6 Å². The molecule has 0 aliphatic rings. The smallest absolute Gasteiger partial charge is 0.387 e. The number of ether oxygens (including phenoxy) is 1. The van der Waals surface area contributed by atoms with Crippen molar-refractivity contribution in [3.63, 3.8) is 0 Å². The van der Waals surface area contributed by atoms with Crippen LogP contribution >= 0.6 is 11.3 Å². The molecule has 0 bridgehead atoms. The molecule has 1 aromatic carbocycles. The lowest BCUT2D eigenvalue weighted by atomic mass is 10.3. The fraction of sp³-hybridized carbons (Fsp3) is 0.267. The Hall–Kier alpha value is -2.04. The number of rotatable bonds is 8. The lowest BCUT2D eigenvalue weighted by molar-refractivity contribution is -0.0498. The van der Waals surface area contributed by atoms with Gasteiger partial charge in [0, 0.05) is 17.1 Å². The van der Waals surface area contributed by atoms with Gasteiger partial charge in [0.2, 0.25) is 10.0 Å². The molecule has 10 heteroatoms. The standard InChI is InChI=1S/C15H16F2N2O4S2/c1-25(21,22)18-9-8-12-6-7-13(24-12)14(20)19-10-2-4-11(5-3-10)23-15(16)17/h2-7,15,18H,8-9H2,1H3,(H,19,20). The fourth-order valence-corrected chi connectivity index (χ4v) is 3.28. The van der Waals surface area contributed by atoms with E-state index in [1.54, 1.807) is 12.1 Å². The summed E-state index contributed by atoms with van der Waals surface area (Å²) >= 11 is 1.25. The summed E-state index contributed by atoms with van der Waals surface area (Å²) in [5.74, 6) is -0.334. The Morgan fingerprint density at radius 1 is 1.20 bits per heavy atom. The highest BCUT2D eigenvalue weighted by Gasteiger charge is 2.11. The minimum absolute atomic E-state index is 0.00443. The van der Waals surface area contributed by atoms with Crippen LogP contribution in [-0.4, -0.2) is 33.7 Å². The second-order valence-electron chi connectivity index (χ2n) is 5.04. The van der Waals surface area contributed by atoms with Gasteiger partial charge in [-0.2, -0.15) is 8.78 Å². The van der Waals surface area contributed by atoms with Gasteiger partial charge in [0.05, 0.1) is 11.1 Å². The Kier molecular flexibility index (Phi) is 6.45. The molecule has 1 amide bonds. The van der Waals surface area contributed by atoms with Crippen molar-refractivity contribution in [2.75, 3.05) is 18.1 Å². The zero-order valence-corrected chi connectivity index (χ0v) is 14.8. The molecule has 0 saturated heterocycles. The van der Waals surface area contributed by atoms with Gasteiger partial charge in [-0.15, -0.1) is 11.3 Å². The monoisotopic (exact) mass is 390 g/mol. The zero-order chi connectivity index (χ0) is 18.4. The van der Waals surface area contributed by atoms with Crippen LogP contribution in [0, 0.1) is 0 Å². The van der Waals surface area contributed by atoms with Gasteiger partial charge in [0.25, 0.3) is 5.91 Å². The number of carbonyl (C=O) groups is 1. The average Bonchev–Trinajstić information content (AvgIpc) is 2.96. The predicted molar refractivity (Wildman–Crippen MR) is 91.9 cm³/mol. The van der Waals surface area contributed by atoms with Crippen LogP contribution in [0.2, 0.25) is 0 Å². The van der Waals surface area contributed by atoms with Gasteiger partial charge in [-0.1, -0.05) is 0 Å². The summed E-state index contributed by atoms with van der Waals surface area (Å²) in [4.78, 5) is 13.5. The first-order valence-corrected chi connectivity index (χ1v) is 9.83. The van der Waals surface area contributed by atoms with Crippen molar-refractivity contribution in [2.24, 2.45) is 0 Å². The third kappa shape index (κ3) is 6.77. The van der Waals surface area contributed by atoms with Crippen molar-refractivity contribution in [2.45, 2.75) is 13.0 Å². The Labute approximate surface area is 147 Å². The van der Waals surface area contributed by atoms with Gasteiger partial charge in [-0.3, -0.25) is 4.79 Å². The quantitative estimate of drug-likeness (QED) is 0.726. The van der Waals surface area contributed by atoms with Gasteiger partial charge in [0.15, 0.2) is 0 Å². The molecule has 1 heterocycles. The molecule has 25 heavy (non-hydrogen) atoms. The van der Waals surface area contributed by atoms with E-state index in [1.807, 2.05) is 0 Å². The van der Waals surface area contributed by atoms with Crippen molar-refractivity contribution in [1.82, 2.24) is 4.72 Å². The highest BCUT2D eigenvalue weighted by molar-refractivity contribution is 7.88. The molecule has 0 unspecified atom stereocenters.